The number of carbonyl (C=O) groups is 1. The zero-order valence-electron chi connectivity index (χ0n) is 17.1. The fourth-order valence-electron chi connectivity index (χ4n) is 3.67. The van der Waals surface area contributed by atoms with Gasteiger partial charge < -0.3 is 15.6 Å². The van der Waals surface area contributed by atoms with Crippen LogP contribution in [-0.2, 0) is 13.0 Å². The van der Waals surface area contributed by atoms with Crippen LogP contribution in [0.25, 0.3) is 11.4 Å². The van der Waals surface area contributed by atoms with Gasteiger partial charge in [0.1, 0.15) is 5.82 Å². The lowest BCUT2D eigenvalue weighted by molar-refractivity contribution is 0.102. The molecule has 2 heterocycles. The standard InChI is InChI=1S/C22H25N5O.2ClH/c1-14-8-10-17(23)13-18(14)22(28)24-19-12-16(9-7-15(19)2)21-26-25-20-6-4-3-5-11-27(20)21;;/h7-10,12-13H,3-6,11,23H2,1-2H3,(H,24,28);2*1H. The summed E-state index contributed by atoms with van der Waals surface area (Å²) < 4.78 is 2.21. The maximum absolute atomic E-state index is 12.8. The molecule has 0 unspecified atom stereocenters. The predicted octanol–water partition coefficient (Wildman–Crippen LogP) is 4.97. The van der Waals surface area contributed by atoms with Crippen molar-refractivity contribution in [2.45, 2.75) is 46.1 Å². The number of nitrogens with two attached hydrogens (primary N) is 1. The van der Waals surface area contributed by atoms with E-state index in [4.69, 9.17) is 5.73 Å². The van der Waals surface area contributed by atoms with E-state index < -0.39 is 0 Å². The lowest BCUT2D eigenvalue weighted by atomic mass is 10.1. The van der Waals surface area contributed by atoms with E-state index in [1.54, 1.807) is 12.1 Å². The highest BCUT2D eigenvalue weighted by Gasteiger charge is 2.17. The van der Waals surface area contributed by atoms with Gasteiger partial charge in [-0.1, -0.05) is 24.6 Å². The molecule has 0 spiro atoms. The van der Waals surface area contributed by atoms with E-state index in [9.17, 15) is 4.79 Å². The summed E-state index contributed by atoms with van der Waals surface area (Å²) in [4.78, 5) is 12.8. The molecular weight excluding hydrogens is 421 g/mol. The SMILES string of the molecule is Cc1ccc(-c2nnc3n2CCCCC3)cc1NC(=O)c1cc(N)ccc1C.Cl.Cl. The number of rotatable bonds is 3. The van der Waals surface area contributed by atoms with Crippen LogP contribution in [0.1, 0.15) is 46.6 Å². The summed E-state index contributed by atoms with van der Waals surface area (Å²) in [7, 11) is 0. The molecule has 2 aromatic carbocycles. The smallest absolute Gasteiger partial charge is 0.256 e. The van der Waals surface area contributed by atoms with Gasteiger partial charge in [-0.2, -0.15) is 0 Å². The average Bonchev–Trinajstić information content (AvgIpc) is 2.93. The van der Waals surface area contributed by atoms with E-state index in [1.165, 1.54) is 6.42 Å². The third-order valence-corrected chi connectivity index (χ3v) is 5.36. The highest BCUT2D eigenvalue weighted by atomic mass is 35.5. The van der Waals surface area contributed by atoms with Crippen molar-refractivity contribution in [2.24, 2.45) is 0 Å². The Morgan fingerprint density at radius 2 is 1.77 bits per heavy atom. The summed E-state index contributed by atoms with van der Waals surface area (Å²) in [6, 6.07) is 11.4. The van der Waals surface area contributed by atoms with Gasteiger partial charge in [0.25, 0.3) is 5.91 Å². The van der Waals surface area contributed by atoms with E-state index in [2.05, 4.69) is 20.1 Å². The van der Waals surface area contributed by atoms with Crippen molar-refractivity contribution in [3.63, 3.8) is 0 Å². The van der Waals surface area contributed by atoms with Crippen molar-refractivity contribution >= 4 is 42.1 Å². The Kier molecular flexibility index (Phi) is 7.87. The van der Waals surface area contributed by atoms with Crippen LogP contribution < -0.4 is 11.1 Å². The Hall–Kier alpha value is -2.57. The largest absolute Gasteiger partial charge is 0.399 e. The lowest BCUT2D eigenvalue weighted by Crippen LogP contribution is -2.14. The van der Waals surface area contributed by atoms with Crippen LogP contribution in [0.2, 0.25) is 0 Å². The Morgan fingerprint density at radius 1 is 1.00 bits per heavy atom. The Morgan fingerprint density at radius 3 is 2.57 bits per heavy atom. The van der Waals surface area contributed by atoms with Crippen LogP contribution >= 0.6 is 24.8 Å². The molecule has 1 aliphatic heterocycles. The van der Waals surface area contributed by atoms with Crippen molar-refractivity contribution in [2.75, 3.05) is 11.1 Å². The van der Waals surface area contributed by atoms with E-state index in [0.29, 0.717) is 11.3 Å². The second-order valence-electron chi connectivity index (χ2n) is 7.46. The zero-order chi connectivity index (χ0) is 19.7. The summed E-state index contributed by atoms with van der Waals surface area (Å²) in [5.74, 6) is 1.76. The number of halogens is 2. The second kappa shape index (κ2) is 9.96. The number of benzene rings is 2. The van der Waals surface area contributed by atoms with Crippen molar-refractivity contribution in [3.05, 3.63) is 58.9 Å². The Labute approximate surface area is 189 Å². The number of nitrogens with zero attached hydrogens (tertiary/aromatic N) is 3. The molecule has 30 heavy (non-hydrogen) atoms. The Bertz CT molecular complexity index is 1050. The predicted molar refractivity (Wildman–Crippen MR) is 126 cm³/mol. The topological polar surface area (TPSA) is 85.8 Å². The molecule has 0 aliphatic carbocycles. The molecule has 3 N–H and O–H groups in total. The molecule has 3 aromatic rings. The minimum absolute atomic E-state index is 0. The summed E-state index contributed by atoms with van der Waals surface area (Å²) in [6.07, 6.45) is 4.49. The number of fused-ring (bicyclic) bond motifs is 1. The molecule has 0 saturated heterocycles. The monoisotopic (exact) mass is 447 g/mol. The minimum Gasteiger partial charge on any atom is -0.399 e. The quantitative estimate of drug-likeness (QED) is 0.555. The molecule has 160 valence electrons. The summed E-state index contributed by atoms with van der Waals surface area (Å²) in [5, 5.41) is 11.9. The van der Waals surface area contributed by atoms with Crippen molar-refractivity contribution in [1.82, 2.24) is 14.8 Å². The summed E-state index contributed by atoms with van der Waals surface area (Å²) in [6.45, 7) is 4.83. The average molecular weight is 448 g/mol. The second-order valence-corrected chi connectivity index (χ2v) is 7.46. The fourth-order valence-corrected chi connectivity index (χ4v) is 3.67. The molecule has 0 bridgehead atoms. The number of hydrogen-bond acceptors (Lipinski definition) is 4. The van der Waals surface area contributed by atoms with Crippen LogP contribution in [0.4, 0.5) is 11.4 Å². The van der Waals surface area contributed by atoms with Crippen LogP contribution in [0.15, 0.2) is 36.4 Å². The van der Waals surface area contributed by atoms with Gasteiger partial charge >= 0.3 is 0 Å². The molecule has 0 atom stereocenters. The number of amides is 1. The normalized spacial score (nSPS) is 12.7. The van der Waals surface area contributed by atoms with Gasteiger partial charge in [0.05, 0.1) is 0 Å². The number of aromatic nitrogens is 3. The summed E-state index contributed by atoms with van der Waals surface area (Å²) >= 11 is 0. The summed E-state index contributed by atoms with van der Waals surface area (Å²) in [5.41, 5.74) is 10.6. The van der Waals surface area contributed by atoms with Gasteiger partial charge in [0.2, 0.25) is 0 Å². The number of anilines is 2. The van der Waals surface area contributed by atoms with Crippen molar-refractivity contribution in [1.29, 1.82) is 0 Å². The number of hydrogen-bond donors (Lipinski definition) is 2. The van der Waals surface area contributed by atoms with Gasteiger partial charge in [-0.25, -0.2) is 0 Å². The molecule has 0 saturated carbocycles. The van der Waals surface area contributed by atoms with Crippen molar-refractivity contribution in [3.8, 4) is 11.4 Å². The molecule has 6 nitrogen and oxygen atoms in total. The molecule has 1 aliphatic rings. The number of nitrogens with one attached hydrogen (secondary N) is 1. The van der Waals surface area contributed by atoms with Gasteiger partial charge in [-0.15, -0.1) is 35.0 Å². The zero-order valence-corrected chi connectivity index (χ0v) is 18.8. The van der Waals surface area contributed by atoms with Crippen LogP contribution in [0.3, 0.4) is 0 Å². The molecule has 1 amide bonds. The maximum Gasteiger partial charge on any atom is 0.256 e. The minimum atomic E-state index is -0.162. The number of carbonyl (C=O) groups excluding carboxylic acids is 1. The van der Waals surface area contributed by atoms with Crippen molar-refractivity contribution < 1.29 is 4.79 Å². The van der Waals surface area contributed by atoms with Crippen LogP contribution in [0, 0.1) is 13.8 Å². The maximum atomic E-state index is 12.8. The fraction of sp³-hybridized carbons (Fsp3) is 0.318. The Balaban J connectivity index is 0.00000160. The first-order valence-electron chi connectivity index (χ1n) is 9.73. The van der Waals surface area contributed by atoms with E-state index in [1.807, 2.05) is 38.1 Å². The van der Waals surface area contributed by atoms with Gasteiger partial charge in [0, 0.05) is 35.5 Å². The third kappa shape index (κ3) is 4.77. The van der Waals surface area contributed by atoms with Crippen LogP contribution in [-0.4, -0.2) is 20.7 Å². The van der Waals surface area contributed by atoms with E-state index in [-0.39, 0.29) is 30.7 Å². The number of aryl methyl sites for hydroxylation is 3. The molecule has 4 rings (SSSR count). The van der Waals surface area contributed by atoms with Gasteiger partial charge in [-0.05, 0) is 56.0 Å². The van der Waals surface area contributed by atoms with Gasteiger partial charge in [0.15, 0.2) is 5.82 Å². The van der Waals surface area contributed by atoms with Gasteiger partial charge in [-0.3, -0.25) is 4.79 Å². The first kappa shape index (κ1) is 23.7. The van der Waals surface area contributed by atoms with E-state index in [0.717, 1.165) is 59.8 Å². The first-order valence-corrected chi connectivity index (χ1v) is 9.73. The molecule has 1 aromatic heterocycles. The molecular formula is C22H27Cl2N5O. The molecule has 0 radical (unpaired) electrons. The molecule has 0 fully saturated rings. The third-order valence-electron chi connectivity index (χ3n) is 5.36. The highest BCUT2D eigenvalue weighted by Crippen LogP contribution is 2.27. The van der Waals surface area contributed by atoms with Crippen LogP contribution in [0.5, 0.6) is 0 Å². The highest BCUT2D eigenvalue weighted by molar-refractivity contribution is 6.06. The number of nitrogen functional groups attached to an aromatic ring is 1. The lowest BCUT2D eigenvalue weighted by Gasteiger charge is -2.13. The van der Waals surface area contributed by atoms with E-state index >= 15 is 0 Å². The molecule has 8 heteroatoms. The first-order chi connectivity index (χ1) is 13.5.